The van der Waals surface area contributed by atoms with Gasteiger partial charge < -0.3 is 34.9 Å². The summed E-state index contributed by atoms with van der Waals surface area (Å²) in [5.41, 5.74) is 16.3. The Labute approximate surface area is 307 Å². The molecule has 284 valence electrons. The molecule has 0 fully saturated rings. The van der Waals surface area contributed by atoms with Crippen molar-refractivity contribution in [1.29, 1.82) is 5.26 Å². The van der Waals surface area contributed by atoms with Crippen LogP contribution < -0.4 is 25.8 Å². The van der Waals surface area contributed by atoms with E-state index in [-0.39, 0.29) is 11.2 Å². The van der Waals surface area contributed by atoms with E-state index in [0.717, 1.165) is 37.1 Å². The Balaban J connectivity index is 0.000000626. The molecule has 0 saturated heterocycles. The number of allylic oxidation sites excluding steroid dienone is 2. The van der Waals surface area contributed by atoms with Gasteiger partial charge in [0.05, 0.1) is 62.3 Å². The minimum absolute atomic E-state index is 0.0268. The van der Waals surface area contributed by atoms with Crippen molar-refractivity contribution in [3.05, 3.63) is 70.8 Å². The topological polar surface area (TPSA) is 162 Å². The van der Waals surface area contributed by atoms with Gasteiger partial charge in [-0.25, -0.2) is 4.67 Å². The lowest BCUT2D eigenvalue weighted by Gasteiger charge is -2.48. The van der Waals surface area contributed by atoms with E-state index in [0.29, 0.717) is 54.8 Å². The smallest absolute Gasteiger partial charge is 0.273 e. The molecule has 13 heteroatoms. The van der Waals surface area contributed by atoms with Crippen molar-refractivity contribution in [2.24, 2.45) is 0 Å². The number of nitrogen functional groups attached to an aromatic ring is 2. The number of rotatable bonds is 16. The fourth-order valence-electron chi connectivity index (χ4n) is 5.77. The summed E-state index contributed by atoms with van der Waals surface area (Å²) in [7, 11) is 1.90. The number of non-ortho nitro benzene ring substituents is 1. The maximum absolute atomic E-state index is 10.3. The predicted molar refractivity (Wildman–Crippen MR) is 211 cm³/mol. The Morgan fingerprint density at radius 1 is 1.10 bits per heavy atom. The third kappa shape index (κ3) is 14.3. The van der Waals surface area contributed by atoms with Crippen LogP contribution in [0.15, 0.2) is 55.1 Å². The molecule has 0 spiro atoms. The van der Waals surface area contributed by atoms with Crippen LogP contribution in [0.3, 0.4) is 0 Å². The highest BCUT2D eigenvalue weighted by Gasteiger charge is 2.36. The second-order valence-corrected chi connectivity index (χ2v) is 15.0. The second-order valence-electron chi connectivity index (χ2n) is 13.5. The third-order valence-electron chi connectivity index (χ3n) is 8.15. The lowest BCUT2D eigenvalue weighted by Crippen LogP contribution is -2.48. The van der Waals surface area contributed by atoms with Gasteiger partial charge in [0.2, 0.25) is 0 Å². The molecule has 1 heterocycles. The number of nitro groups is 1. The van der Waals surface area contributed by atoms with E-state index in [1.165, 1.54) is 36.6 Å². The first-order valence-electron chi connectivity index (χ1n) is 17.3. The van der Waals surface area contributed by atoms with E-state index in [4.69, 9.17) is 35.3 Å². The molecule has 0 saturated carbocycles. The van der Waals surface area contributed by atoms with Crippen molar-refractivity contribution in [2.75, 3.05) is 50.3 Å². The Kier molecular flexibility index (Phi) is 19.6. The van der Waals surface area contributed by atoms with E-state index in [1.54, 1.807) is 13.2 Å². The first kappa shape index (κ1) is 45.1. The number of benzene rings is 2. The number of hydrogen-bond donors (Lipinski definition) is 2. The number of anilines is 3. The number of unbranched alkanes of at least 4 members (excludes halogenated alkanes) is 1. The summed E-state index contributed by atoms with van der Waals surface area (Å²) in [6.45, 7) is 26.4. The molecule has 0 aliphatic carbocycles. The first-order chi connectivity index (χ1) is 23.9. The molecule has 2 aromatic rings. The molecule has 3 rings (SSSR count). The summed E-state index contributed by atoms with van der Waals surface area (Å²) in [6.07, 6.45) is 5.13. The Bertz CT molecular complexity index is 1450. The van der Waals surface area contributed by atoms with Gasteiger partial charge in [-0.1, -0.05) is 31.7 Å². The van der Waals surface area contributed by atoms with Gasteiger partial charge in [0.1, 0.15) is 11.5 Å². The highest BCUT2D eigenvalue weighted by atomic mass is 31.2. The molecule has 2 atom stereocenters. The molecule has 2 aromatic carbocycles. The lowest BCUT2D eigenvalue weighted by molar-refractivity contribution is -0.384. The molecule has 2 unspecified atom stereocenters. The van der Waals surface area contributed by atoms with E-state index in [1.807, 2.05) is 6.92 Å². The third-order valence-corrected chi connectivity index (χ3v) is 10.3. The van der Waals surface area contributed by atoms with E-state index in [9.17, 15) is 10.1 Å². The quantitative estimate of drug-likeness (QED) is 0.0423. The molecule has 51 heavy (non-hydrogen) atoms. The minimum Gasteiger partial charge on any atom is -0.495 e. The molecule has 0 amide bonds. The average molecular weight is 729 g/mol. The number of fused-ring (bicyclic) bond motifs is 1. The maximum atomic E-state index is 10.3. The van der Waals surface area contributed by atoms with E-state index in [2.05, 4.69) is 89.4 Å². The molecule has 12 nitrogen and oxygen atoms in total. The average Bonchev–Trinajstić information content (AvgIpc) is 3.05. The highest BCUT2D eigenvalue weighted by molar-refractivity contribution is 7.44. The van der Waals surface area contributed by atoms with Crippen molar-refractivity contribution >= 4 is 31.3 Å². The summed E-state index contributed by atoms with van der Waals surface area (Å²) in [5.74, 6) is 1.51. The van der Waals surface area contributed by atoms with Gasteiger partial charge in [0.25, 0.3) is 14.2 Å². The molecule has 0 aromatic heterocycles. The summed E-state index contributed by atoms with van der Waals surface area (Å²) >= 11 is 0. The zero-order valence-corrected chi connectivity index (χ0v) is 33.3. The van der Waals surface area contributed by atoms with Crippen LogP contribution in [0.2, 0.25) is 0 Å². The number of nitro benzene ring substituents is 1. The normalized spacial score (nSPS) is 15.1. The fourth-order valence-corrected chi connectivity index (χ4v) is 7.40. The summed E-state index contributed by atoms with van der Waals surface area (Å²) in [5, 5.41) is 19.2. The van der Waals surface area contributed by atoms with Crippen LogP contribution in [0.25, 0.3) is 0 Å². The summed E-state index contributed by atoms with van der Waals surface area (Å²) < 4.78 is 24.9. The first-order valence-corrected chi connectivity index (χ1v) is 18.4. The lowest BCUT2D eigenvalue weighted by atomic mass is 9.79. The molecular weight excluding hydrogens is 667 g/mol. The largest absolute Gasteiger partial charge is 0.495 e. The predicted octanol–water partition coefficient (Wildman–Crippen LogP) is 9.38. The van der Waals surface area contributed by atoms with Crippen LogP contribution in [-0.2, 0) is 9.05 Å². The SMILES string of the molecule is C=CC(=C)C.COc1cc([N+](=O)[O-])ccc1N.COc1cc2c(cc1N)C(C)CC(C)(C)N2CCCCOP(OCCC#N)N(C(C)C)C(C)C. The van der Waals surface area contributed by atoms with Gasteiger partial charge in [-0.2, -0.15) is 5.26 Å². The van der Waals surface area contributed by atoms with Gasteiger partial charge in [-0.05, 0) is 91.3 Å². The number of ether oxygens (including phenoxy) is 2. The van der Waals surface area contributed by atoms with Gasteiger partial charge in [0.15, 0.2) is 0 Å². The second kappa shape index (κ2) is 22.1. The molecule has 1 aliphatic rings. The van der Waals surface area contributed by atoms with Crippen molar-refractivity contribution in [3.63, 3.8) is 0 Å². The van der Waals surface area contributed by atoms with Crippen LogP contribution in [0.5, 0.6) is 11.5 Å². The van der Waals surface area contributed by atoms with Crippen molar-refractivity contribution in [1.82, 2.24) is 4.67 Å². The van der Waals surface area contributed by atoms with Gasteiger partial charge in [0, 0.05) is 42.0 Å². The standard InChI is InChI=1S/C26H45N4O3P.C7H8N2O3.C5H8/c1-19(2)30(20(3)4)34(33-15-11-12-27)32-14-10-9-13-29-24-17-25(31-8)23(28)16-22(24)21(5)18-26(29,6)7;1-12-7-4-5(9(10)11)2-3-6(7)8;1-4-5(2)3/h16-17,19-21H,9-11,13-15,18,28H2,1-8H3;2-4H,8H2,1H3;4H,1-2H2,3H3. The van der Waals surface area contributed by atoms with Crippen molar-refractivity contribution in [3.8, 4) is 17.6 Å². The Morgan fingerprint density at radius 2 is 1.67 bits per heavy atom. The van der Waals surface area contributed by atoms with Crippen LogP contribution in [0, 0.1) is 21.4 Å². The molecule has 0 radical (unpaired) electrons. The minimum atomic E-state index is -1.18. The van der Waals surface area contributed by atoms with Gasteiger partial charge in [-0.15, -0.1) is 0 Å². The Hall–Kier alpha value is -3.88. The fraction of sp³-hybridized carbons (Fsp3) is 0.553. The van der Waals surface area contributed by atoms with Gasteiger partial charge in [-0.3, -0.25) is 10.1 Å². The summed E-state index contributed by atoms with van der Waals surface area (Å²) in [4.78, 5) is 12.3. The van der Waals surface area contributed by atoms with E-state index < -0.39 is 13.4 Å². The van der Waals surface area contributed by atoms with Crippen LogP contribution in [0.4, 0.5) is 22.7 Å². The number of nitrogens with two attached hydrogens (primary N) is 2. The molecule has 0 bridgehead atoms. The maximum Gasteiger partial charge on any atom is 0.273 e. The number of methoxy groups -OCH3 is 2. The number of nitrogens with zero attached hydrogens (tertiary/aromatic N) is 4. The Morgan fingerprint density at radius 3 is 2.18 bits per heavy atom. The van der Waals surface area contributed by atoms with Crippen LogP contribution in [-0.4, -0.2) is 61.2 Å². The highest BCUT2D eigenvalue weighted by Crippen LogP contribution is 2.47. The molecule has 1 aliphatic heterocycles. The zero-order valence-electron chi connectivity index (χ0n) is 32.4. The number of nitriles is 1. The number of hydrogen-bond acceptors (Lipinski definition) is 11. The zero-order chi connectivity index (χ0) is 38.9. The molecule has 4 N–H and O–H groups in total. The monoisotopic (exact) mass is 728 g/mol. The van der Waals surface area contributed by atoms with Crippen molar-refractivity contribution < 1.29 is 23.4 Å². The van der Waals surface area contributed by atoms with Gasteiger partial charge >= 0.3 is 0 Å². The molecular formula is C38H61N6O6P. The van der Waals surface area contributed by atoms with Crippen molar-refractivity contribution in [2.45, 2.75) is 105 Å². The van der Waals surface area contributed by atoms with E-state index >= 15 is 0 Å². The van der Waals surface area contributed by atoms with Crippen LogP contribution in [0.1, 0.15) is 92.6 Å². The van der Waals surface area contributed by atoms with Crippen LogP contribution >= 0.6 is 8.53 Å². The summed E-state index contributed by atoms with van der Waals surface area (Å²) in [6, 6.07) is 11.0.